The third-order valence-electron chi connectivity index (χ3n) is 7.35. The van der Waals surface area contributed by atoms with Crippen LogP contribution < -0.4 is 11.1 Å². The molecule has 3 heterocycles. The van der Waals surface area contributed by atoms with Crippen molar-refractivity contribution in [1.82, 2.24) is 24.9 Å². The second-order valence-electron chi connectivity index (χ2n) is 9.92. The Hall–Kier alpha value is -1.94. The minimum atomic E-state index is -0.991. The maximum atomic E-state index is 13.6. The van der Waals surface area contributed by atoms with Gasteiger partial charge in [0.1, 0.15) is 5.82 Å². The molecule has 10 heteroatoms. The van der Waals surface area contributed by atoms with Crippen molar-refractivity contribution in [2.75, 3.05) is 52.4 Å². The molecule has 2 fully saturated rings. The third kappa shape index (κ3) is 5.96. The Morgan fingerprint density at radius 2 is 1.39 bits per heavy atom. The van der Waals surface area contributed by atoms with Gasteiger partial charge < -0.3 is 11.1 Å². The van der Waals surface area contributed by atoms with Crippen molar-refractivity contribution < 1.29 is 4.39 Å². The molecular weight excluding hydrogens is 500 g/mol. The lowest BCUT2D eigenvalue weighted by Gasteiger charge is -2.51. The summed E-state index contributed by atoms with van der Waals surface area (Å²) in [5, 5.41) is 1.29. The highest BCUT2D eigenvalue weighted by Gasteiger charge is 2.50. The Bertz CT molecular complexity index is 1060. The van der Waals surface area contributed by atoms with E-state index < -0.39 is 10.2 Å². The first-order chi connectivity index (χ1) is 17.3. The number of hydrogen-bond donors (Lipinski definition) is 2. The minimum Gasteiger partial charge on any atom is -0.370 e. The quantitative estimate of drug-likeness (QED) is 0.439. The van der Waals surface area contributed by atoms with Crippen LogP contribution in [0.2, 0.25) is 0 Å². The molecule has 0 bridgehead atoms. The van der Waals surface area contributed by atoms with Gasteiger partial charge in [0.25, 0.3) is 0 Å². The van der Waals surface area contributed by atoms with Gasteiger partial charge in [-0.2, -0.15) is 0 Å². The standard InChI is InChI=1S/C26H34Cl2FN7/c27-25(35-13-9-33(10-14-35)18-21-5-2-1-3-6-21)20-26(28,32-24(30)31-25)36-15-11-34(12-16-36)19-22-7-4-8-23(29)17-22/h1-8,17H,9-16,18-20H2,(H3,30,31,32). The second kappa shape index (κ2) is 10.8. The van der Waals surface area contributed by atoms with Crippen molar-refractivity contribution in [3.8, 4) is 0 Å². The van der Waals surface area contributed by atoms with E-state index in [2.05, 4.69) is 54.2 Å². The number of hydrogen-bond acceptors (Lipinski definition) is 7. The molecule has 3 aliphatic heterocycles. The summed E-state index contributed by atoms with van der Waals surface area (Å²) in [6, 6.07) is 17.3. The lowest BCUT2D eigenvalue weighted by atomic mass is 10.1. The first kappa shape index (κ1) is 25.7. The topological polar surface area (TPSA) is 63.4 Å². The molecular formula is C26H34Cl2FN7. The van der Waals surface area contributed by atoms with Gasteiger partial charge in [0.2, 0.25) is 0 Å². The van der Waals surface area contributed by atoms with Crippen molar-refractivity contribution in [2.45, 2.75) is 29.8 Å². The Kier molecular flexibility index (Phi) is 7.72. The SMILES string of the molecule is NC1=NC(Cl)(N2CCN(Cc3ccccc3)CC2)CC(Cl)(N2CCN(Cc3cccc(F)c3)CC2)N1. The summed E-state index contributed by atoms with van der Waals surface area (Å²) in [7, 11) is 0. The van der Waals surface area contributed by atoms with Crippen LogP contribution in [0.25, 0.3) is 0 Å². The largest absolute Gasteiger partial charge is 0.370 e. The maximum Gasteiger partial charge on any atom is 0.197 e. The number of nitrogens with one attached hydrogen (secondary N) is 1. The molecule has 3 N–H and O–H groups in total. The number of alkyl halides is 2. The molecule has 0 aliphatic carbocycles. The number of nitrogens with zero attached hydrogens (tertiary/aromatic N) is 5. The van der Waals surface area contributed by atoms with Gasteiger partial charge in [0.05, 0.1) is 6.42 Å². The average Bonchev–Trinajstić information content (AvgIpc) is 2.85. The Morgan fingerprint density at radius 3 is 2.03 bits per heavy atom. The first-order valence-corrected chi connectivity index (χ1v) is 13.3. The monoisotopic (exact) mass is 533 g/mol. The molecule has 2 saturated heterocycles. The molecule has 2 unspecified atom stereocenters. The van der Waals surface area contributed by atoms with Crippen LogP contribution in [0.3, 0.4) is 0 Å². The van der Waals surface area contributed by atoms with Gasteiger partial charge in [-0.1, -0.05) is 65.7 Å². The summed E-state index contributed by atoms with van der Waals surface area (Å²) in [6.07, 6.45) is 0.409. The molecule has 194 valence electrons. The number of benzene rings is 2. The molecule has 0 spiro atoms. The second-order valence-corrected chi connectivity index (χ2v) is 11.1. The fraction of sp³-hybridized carbons (Fsp3) is 0.500. The minimum absolute atomic E-state index is 0.202. The lowest BCUT2D eigenvalue weighted by molar-refractivity contribution is 0.0110. The molecule has 3 aliphatic rings. The van der Waals surface area contributed by atoms with Crippen LogP contribution in [0, 0.1) is 5.82 Å². The highest BCUT2D eigenvalue weighted by molar-refractivity contribution is 6.28. The van der Waals surface area contributed by atoms with E-state index in [1.807, 2.05) is 12.1 Å². The smallest absolute Gasteiger partial charge is 0.197 e. The number of piperazine rings is 2. The molecule has 2 aromatic carbocycles. The van der Waals surface area contributed by atoms with Crippen LogP contribution in [0.5, 0.6) is 0 Å². The number of aliphatic imine (C=N–C) groups is 1. The van der Waals surface area contributed by atoms with E-state index in [4.69, 9.17) is 28.9 Å². The van der Waals surface area contributed by atoms with E-state index in [0.717, 1.165) is 64.5 Å². The molecule has 0 amide bonds. The molecule has 2 atom stereocenters. The predicted octanol–water partition coefficient (Wildman–Crippen LogP) is 2.85. The van der Waals surface area contributed by atoms with Crippen LogP contribution in [0.4, 0.5) is 4.39 Å². The van der Waals surface area contributed by atoms with E-state index in [1.165, 1.54) is 11.6 Å². The zero-order chi connectivity index (χ0) is 25.2. The van der Waals surface area contributed by atoms with Crippen LogP contribution >= 0.6 is 23.2 Å². The molecule has 0 saturated carbocycles. The summed E-state index contributed by atoms with van der Waals surface area (Å²) in [6.45, 7) is 8.16. The zero-order valence-corrected chi connectivity index (χ0v) is 21.9. The predicted molar refractivity (Wildman–Crippen MR) is 143 cm³/mol. The normalized spacial score (nSPS) is 29.0. The van der Waals surface area contributed by atoms with Crippen LogP contribution in [0.1, 0.15) is 17.5 Å². The van der Waals surface area contributed by atoms with Crippen LogP contribution in [0.15, 0.2) is 59.6 Å². The zero-order valence-electron chi connectivity index (χ0n) is 20.4. The van der Waals surface area contributed by atoms with Crippen molar-refractivity contribution in [3.63, 3.8) is 0 Å². The Labute approximate surface area is 222 Å². The molecule has 5 rings (SSSR count). The Morgan fingerprint density at radius 1 is 0.806 bits per heavy atom. The van der Waals surface area contributed by atoms with Crippen LogP contribution in [-0.4, -0.2) is 88.2 Å². The number of guanidine groups is 1. The van der Waals surface area contributed by atoms with Gasteiger partial charge in [-0.05, 0) is 23.3 Å². The molecule has 0 aromatic heterocycles. The first-order valence-electron chi connectivity index (χ1n) is 12.6. The highest BCUT2D eigenvalue weighted by atomic mass is 35.5. The average molecular weight is 535 g/mol. The van der Waals surface area contributed by atoms with Gasteiger partial charge >= 0.3 is 0 Å². The Balaban J connectivity index is 1.18. The van der Waals surface area contributed by atoms with Crippen molar-refractivity contribution in [1.29, 1.82) is 0 Å². The summed E-state index contributed by atoms with van der Waals surface area (Å²) in [5.41, 5.74) is 8.52. The fourth-order valence-corrected chi connectivity index (χ4v) is 6.38. The summed E-state index contributed by atoms with van der Waals surface area (Å²) in [4.78, 5) is 13.8. The molecule has 0 radical (unpaired) electrons. The van der Waals surface area contributed by atoms with Gasteiger partial charge in [0.15, 0.2) is 16.2 Å². The van der Waals surface area contributed by atoms with Gasteiger partial charge in [0, 0.05) is 65.4 Å². The molecule has 7 nitrogen and oxygen atoms in total. The van der Waals surface area contributed by atoms with E-state index in [9.17, 15) is 4.39 Å². The van der Waals surface area contributed by atoms with Gasteiger partial charge in [-0.15, -0.1) is 0 Å². The van der Waals surface area contributed by atoms with Crippen molar-refractivity contribution in [3.05, 3.63) is 71.5 Å². The van der Waals surface area contributed by atoms with Gasteiger partial charge in [-0.25, -0.2) is 9.38 Å². The summed E-state index contributed by atoms with van der Waals surface area (Å²) < 4.78 is 13.6. The highest BCUT2D eigenvalue weighted by Crippen LogP contribution is 2.39. The summed E-state index contributed by atoms with van der Waals surface area (Å²) in [5.74, 6) is 0.0616. The lowest BCUT2D eigenvalue weighted by Crippen LogP contribution is -2.69. The maximum absolute atomic E-state index is 13.6. The third-order valence-corrected chi connectivity index (χ3v) is 8.27. The van der Waals surface area contributed by atoms with E-state index in [0.29, 0.717) is 13.0 Å². The number of halogens is 3. The van der Waals surface area contributed by atoms with E-state index in [1.54, 1.807) is 12.1 Å². The fourth-order valence-electron chi connectivity index (χ4n) is 5.41. The van der Waals surface area contributed by atoms with Gasteiger partial charge in [-0.3, -0.25) is 19.6 Å². The number of rotatable bonds is 6. The van der Waals surface area contributed by atoms with Crippen molar-refractivity contribution in [2.24, 2.45) is 10.7 Å². The summed E-state index contributed by atoms with van der Waals surface area (Å²) >= 11 is 14.3. The van der Waals surface area contributed by atoms with Crippen molar-refractivity contribution >= 4 is 29.2 Å². The number of nitrogens with two attached hydrogens (primary N) is 1. The van der Waals surface area contributed by atoms with E-state index in [-0.39, 0.29) is 11.8 Å². The van der Waals surface area contributed by atoms with E-state index >= 15 is 0 Å². The molecule has 36 heavy (non-hydrogen) atoms. The van der Waals surface area contributed by atoms with Crippen LogP contribution in [-0.2, 0) is 13.1 Å². The molecule has 2 aromatic rings.